The molecule has 7 rings (SSSR count). The van der Waals surface area contributed by atoms with E-state index in [1.807, 2.05) is 31.1 Å². The standard InChI is InChI=1S/C37H32F3N7O6S/c1-46(2)21-4-7-27-30(15-21)54-34(44-27)25-19-42-28(17-26(25)37(38,39)40)20-3-9-31(43-18-20)41-11-12-52-13-14-53-22-5-6-23-24(16-22)36(51)47(35(23)50)29-8-10-32(48)45-33(29)49/h3-7,9,15-19,29H,8,10-14H2,1-2H3,(H,41,43)(H,45,48,49). The zero-order valence-electron chi connectivity index (χ0n) is 28.9. The molecule has 54 heavy (non-hydrogen) atoms. The van der Waals surface area contributed by atoms with Crippen molar-refractivity contribution < 1.29 is 41.8 Å². The lowest BCUT2D eigenvalue weighted by Gasteiger charge is -2.27. The quantitative estimate of drug-likeness (QED) is 0.124. The highest BCUT2D eigenvalue weighted by Crippen LogP contribution is 2.41. The van der Waals surface area contributed by atoms with Crippen LogP contribution >= 0.6 is 11.3 Å². The number of pyridine rings is 2. The lowest BCUT2D eigenvalue weighted by Crippen LogP contribution is -2.54. The topological polar surface area (TPSA) is 156 Å². The Morgan fingerprint density at radius 3 is 2.48 bits per heavy atom. The highest BCUT2D eigenvalue weighted by molar-refractivity contribution is 7.21. The molecule has 3 aromatic heterocycles. The molecule has 1 saturated heterocycles. The van der Waals surface area contributed by atoms with Crippen LogP contribution in [0.1, 0.15) is 39.1 Å². The minimum absolute atomic E-state index is 0.0322. The van der Waals surface area contributed by atoms with Crippen LogP contribution in [0.2, 0.25) is 0 Å². The lowest BCUT2D eigenvalue weighted by molar-refractivity contribution is -0.137. The number of piperidine rings is 1. The monoisotopic (exact) mass is 759 g/mol. The number of nitrogens with one attached hydrogen (secondary N) is 2. The average molecular weight is 760 g/mol. The van der Waals surface area contributed by atoms with Crippen molar-refractivity contribution in [2.75, 3.05) is 50.7 Å². The molecule has 5 aromatic rings. The Hall–Kier alpha value is -5.94. The van der Waals surface area contributed by atoms with E-state index in [-0.39, 0.29) is 60.1 Å². The van der Waals surface area contributed by atoms with Crippen LogP contribution in [0.5, 0.6) is 5.75 Å². The van der Waals surface area contributed by atoms with Crippen LogP contribution in [0.3, 0.4) is 0 Å². The summed E-state index contributed by atoms with van der Waals surface area (Å²) in [5.74, 6) is -1.53. The molecule has 1 fully saturated rings. The minimum atomic E-state index is -4.64. The number of thiazole rings is 1. The largest absolute Gasteiger partial charge is 0.491 e. The van der Waals surface area contributed by atoms with Crippen LogP contribution in [-0.4, -0.2) is 90.0 Å². The summed E-state index contributed by atoms with van der Waals surface area (Å²) in [5.41, 5.74) is 1.40. The molecule has 0 radical (unpaired) electrons. The first-order valence-electron chi connectivity index (χ1n) is 16.8. The van der Waals surface area contributed by atoms with Gasteiger partial charge >= 0.3 is 6.18 Å². The Kier molecular flexibility index (Phi) is 10.00. The zero-order chi connectivity index (χ0) is 38.1. The molecule has 2 aliphatic rings. The predicted molar refractivity (Wildman–Crippen MR) is 193 cm³/mol. The fourth-order valence-electron chi connectivity index (χ4n) is 6.09. The van der Waals surface area contributed by atoms with Crippen LogP contribution < -0.4 is 20.3 Å². The van der Waals surface area contributed by atoms with E-state index in [0.717, 1.165) is 21.4 Å². The maximum absolute atomic E-state index is 14.3. The van der Waals surface area contributed by atoms with Gasteiger partial charge in [-0.05, 0) is 61.0 Å². The van der Waals surface area contributed by atoms with Gasteiger partial charge in [0.05, 0.1) is 45.8 Å². The number of amides is 4. The van der Waals surface area contributed by atoms with Crippen LogP contribution in [-0.2, 0) is 20.5 Å². The van der Waals surface area contributed by atoms with E-state index >= 15 is 0 Å². The number of carbonyl (C=O) groups is 4. The van der Waals surface area contributed by atoms with Crippen molar-refractivity contribution in [1.29, 1.82) is 0 Å². The number of carbonyl (C=O) groups excluding carboxylic acids is 4. The molecule has 1 unspecified atom stereocenters. The first-order valence-corrected chi connectivity index (χ1v) is 17.6. The number of halogens is 3. The first kappa shape index (κ1) is 36.4. The fraction of sp³-hybridized carbons (Fsp3) is 0.270. The summed E-state index contributed by atoms with van der Waals surface area (Å²) >= 11 is 1.18. The molecule has 0 bridgehead atoms. The number of hydrogen-bond acceptors (Lipinski definition) is 12. The van der Waals surface area contributed by atoms with Gasteiger partial charge in [0, 0.05) is 56.3 Å². The van der Waals surface area contributed by atoms with Crippen molar-refractivity contribution in [1.82, 2.24) is 25.2 Å². The molecule has 0 spiro atoms. The van der Waals surface area contributed by atoms with E-state index in [9.17, 15) is 32.3 Å². The van der Waals surface area contributed by atoms with Crippen molar-refractivity contribution >= 4 is 56.7 Å². The number of anilines is 2. The highest BCUT2D eigenvalue weighted by atomic mass is 32.1. The van der Waals surface area contributed by atoms with E-state index in [4.69, 9.17) is 9.47 Å². The summed E-state index contributed by atoms with van der Waals surface area (Å²) in [6, 6.07) is 13.2. The first-order chi connectivity index (χ1) is 25.9. The molecule has 17 heteroatoms. The maximum Gasteiger partial charge on any atom is 0.417 e. The molecule has 2 aromatic carbocycles. The van der Waals surface area contributed by atoms with E-state index in [2.05, 4.69) is 25.6 Å². The smallest absolute Gasteiger partial charge is 0.417 e. The van der Waals surface area contributed by atoms with Crippen molar-refractivity contribution in [3.63, 3.8) is 0 Å². The van der Waals surface area contributed by atoms with Crippen LogP contribution in [0.4, 0.5) is 24.7 Å². The molecule has 0 aliphatic carbocycles. The van der Waals surface area contributed by atoms with Crippen LogP contribution in [0.25, 0.3) is 32.0 Å². The summed E-state index contributed by atoms with van der Waals surface area (Å²) in [6.07, 6.45) is -1.89. The molecule has 13 nitrogen and oxygen atoms in total. The number of fused-ring (bicyclic) bond motifs is 2. The van der Waals surface area contributed by atoms with Crippen molar-refractivity contribution in [2.24, 2.45) is 0 Å². The summed E-state index contributed by atoms with van der Waals surface area (Å²) < 4.78 is 54.9. The third-order valence-electron chi connectivity index (χ3n) is 8.85. The Labute approximate surface area is 310 Å². The van der Waals surface area contributed by atoms with Gasteiger partial charge in [0.15, 0.2) is 0 Å². The third-order valence-corrected chi connectivity index (χ3v) is 9.90. The number of ether oxygens (including phenoxy) is 2. The number of hydrogen-bond donors (Lipinski definition) is 2. The predicted octanol–water partition coefficient (Wildman–Crippen LogP) is 5.41. The van der Waals surface area contributed by atoms with Gasteiger partial charge in [-0.3, -0.25) is 34.4 Å². The van der Waals surface area contributed by atoms with Gasteiger partial charge in [-0.15, -0.1) is 11.3 Å². The molecule has 0 saturated carbocycles. The van der Waals surface area contributed by atoms with E-state index in [1.165, 1.54) is 35.9 Å². The van der Waals surface area contributed by atoms with Gasteiger partial charge in [0.2, 0.25) is 11.8 Å². The van der Waals surface area contributed by atoms with Crippen molar-refractivity contribution in [2.45, 2.75) is 25.1 Å². The third kappa shape index (κ3) is 7.45. The Balaban J connectivity index is 0.895. The SMILES string of the molecule is CN(C)c1ccc2nc(-c3cnc(-c4ccc(NCCOCCOc5ccc6c(c5)C(=O)N(C5CCC(=O)NC5=O)C6=O)nc4)cc3C(F)(F)F)sc2c1. The summed E-state index contributed by atoms with van der Waals surface area (Å²) in [7, 11) is 3.78. The number of rotatable bonds is 12. The summed E-state index contributed by atoms with van der Waals surface area (Å²) in [6.45, 7) is 1.01. The second-order valence-corrected chi connectivity index (χ2v) is 13.7. The van der Waals surface area contributed by atoms with Crippen molar-refractivity contribution in [3.8, 4) is 27.6 Å². The Bertz CT molecular complexity index is 2280. The zero-order valence-corrected chi connectivity index (χ0v) is 29.7. The van der Waals surface area contributed by atoms with Gasteiger partial charge in [0.1, 0.15) is 29.2 Å². The van der Waals surface area contributed by atoms with E-state index in [0.29, 0.717) is 29.2 Å². The van der Waals surface area contributed by atoms with Gasteiger partial charge < -0.3 is 19.7 Å². The minimum Gasteiger partial charge on any atom is -0.491 e. The Morgan fingerprint density at radius 1 is 0.926 bits per heavy atom. The van der Waals surface area contributed by atoms with Crippen molar-refractivity contribution in [3.05, 3.63) is 83.7 Å². The van der Waals surface area contributed by atoms with E-state index in [1.54, 1.807) is 24.3 Å². The molecule has 2 N–H and O–H groups in total. The molecular weight excluding hydrogens is 728 g/mol. The van der Waals surface area contributed by atoms with Crippen LogP contribution in [0, 0.1) is 0 Å². The number of alkyl halides is 3. The fourth-order valence-corrected chi connectivity index (χ4v) is 7.11. The number of benzene rings is 2. The number of imide groups is 2. The normalized spacial score (nSPS) is 15.8. The summed E-state index contributed by atoms with van der Waals surface area (Å²) in [4.78, 5) is 65.5. The second kappa shape index (κ2) is 14.8. The van der Waals surface area contributed by atoms with E-state index < -0.39 is 41.4 Å². The lowest BCUT2D eigenvalue weighted by atomic mass is 10.0. The van der Waals surface area contributed by atoms with Crippen LogP contribution in [0.15, 0.2) is 67.0 Å². The van der Waals surface area contributed by atoms with Gasteiger partial charge in [-0.25, -0.2) is 9.97 Å². The molecular formula is C37H32F3N7O6S. The molecule has 1 atom stereocenters. The average Bonchev–Trinajstić information content (AvgIpc) is 3.68. The van der Waals surface area contributed by atoms with Gasteiger partial charge in [-0.2, -0.15) is 13.2 Å². The summed E-state index contributed by atoms with van der Waals surface area (Å²) in [5, 5.41) is 5.48. The highest BCUT2D eigenvalue weighted by Gasteiger charge is 2.44. The molecule has 4 amide bonds. The van der Waals surface area contributed by atoms with Gasteiger partial charge in [0.25, 0.3) is 11.8 Å². The number of nitrogens with zero attached hydrogens (tertiary/aromatic N) is 5. The second-order valence-electron chi connectivity index (χ2n) is 12.7. The Morgan fingerprint density at radius 2 is 1.74 bits per heavy atom. The van der Waals surface area contributed by atoms with Gasteiger partial charge in [-0.1, -0.05) is 0 Å². The maximum atomic E-state index is 14.3. The molecule has 5 heterocycles. The number of aromatic nitrogens is 3. The molecule has 2 aliphatic heterocycles. The molecule has 278 valence electrons.